The first-order chi connectivity index (χ1) is 18.1. The molecule has 0 aliphatic carbocycles. The lowest BCUT2D eigenvalue weighted by atomic mass is 10.1. The van der Waals surface area contributed by atoms with Gasteiger partial charge in [-0.1, -0.05) is 71.4 Å². The fraction of sp³-hybridized carbons (Fsp3) is 0.107. The Hall–Kier alpha value is -4.37. The summed E-state index contributed by atoms with van der Waals surface area (Å²) in [6.45, 7) is 1.64. The molecule has 38 heavy (non-hydrogen) atoms. The number of carbonyl (C=O) groups excluding carboxylic acids is 1. The van der Waals surface area contributed by atoms with Crippen molar-refractivity contribution >= 4 is 29.0 Å². The zero-order valence-corrected chi connectivity index (χ0v) is 20.8. The van der Waals surface area contributed by atoms with Crippen LogP contribution < -0.4 is 5.73 Å². The second kappa shape index (κ2) is 11.4. The summed E-state index contributed by atoms with van der Waals surface area (Å²) in [6.07, 6.45) is -4.03. The minimum atomic E-state index is -4.75. The summed E-state index contributed by atoms with van der Waals surface area (Å²) in [4.78, 5) is 17.0. The lowest BCUT2D eigenvalue weighted by molar-refractivity contribution is -0.0925. The SMILES string of the molecule is Cc1onc(-c2ccccc2)c1COC(=O)c1ccc(C(/C=C(\N)C(F)(F)F)=Nc2ccccc2Cl)cc1. The Morgan fingerprint density at radius 3 is 2.32 bits per heavy atom. The predicted molar refractivity (Wildman–Crippen MR) is 138 cm³/mol. The van der Waals surface area contributed by atoms with Gasteiger partial charge in [0.25, 0.3) is 0 Å². The molecular weight excluding hydrogens is 519 g/mol. The molecule has 2 N–H and O–H groups in total. The molecule has 0 aliphatic rings. The quantitative estimate of drug-likeness (QED) is 0.198. The molecule has 0 amide bonds. The van der Waals surface area contributed by atoms with E-state index in [2.05, 4.69) is 10.1 Å². The molecule has 1 heterocycles. The highest BCUT2D eigenvalue weighted by atomic mass is 35.5. The maximum Gasteiger partial charge on any atom is 0.430 e. The molecule has 3 aromatic carbocycles. The Morgan fingerprint density at radius 2 is 1.66 bits per heavy atom. The molecule has 0 atom stereocenters. The summed E-state index contributed by atoms with van der Waals surface area (Å²) in [5.41, 5.74) is 6.59. The lowest BCUT2D eigenvalue weighted by Gasteiger charge is -2.10. The molecule has 1 aromatic heterocycles. The maximum atomic E-state index is 13.1. The number of carbonyl (C=O) groups is 1. The number of rotatable bonds is 7. The van der Waals surface area contributed by atoms with Gasteiger partial charge in [0.05, 0.1) is 27.5 Å². The number of allylic oxidation sites excluding steroid dienone is 2. The van der Waals surface area contributed by atoms with E-state index < -0.39 is 17.8 Å². The Labute approximate surface area is 221 Å². The van der Waals surface area contributed by atoms with Crippen LogP contribution in [0.15, 0.2) is 100 Å². The standard InChI is InChI=1S/C28H21ClF3N3O3/c1-17-21(26(35-38-17)19-7-3-2-4-8-19)16-37-27(36)20-13-11-18(12-14-20)24(15-25(33)28(30,31)32)34-23-10-6-5-9-22(23)29/h2-15H,16,33H2,1H3/b25-15-,34-24?. The minimum absolute atomic E-state index is 0.0792. The van der Waals surface area contributed by atoms with E-state index in [-0.39, 0.29) is 34.2 Å². The number of hydrogen-bond donors (Lipinski definition) is 1. The van der Waals surface area contributed by atoms with Crippen molar-refractivity contribution in [3.63, 3.8) is 0 Å². The van der Waals surface area contributed by atoms with E-state index in [4.69, 9.17) is 26.6 Å². The highest BCUT2D eigenvalue weighted by Crippen LogP contribution is 2.28. The van der Waals surface area contributed by atoms with Crippen LogP contribution in [0.1, 0.15) is 27.2 Å². The zero-order chi connectivity index (χ0) is 27.3. The molecule has 0 fully saturated rings. The van der Waals surface area contributed by atoms with Crippen molar-refractivity contribution in [1.29, 1.82) is 0 Å². The van der Waals surface area contributed by atoms with E-state index in [1.54, 1.807) is 31.2 Å². The van der Waals surface area contributed by atoms with Gasteiger partial charge in [-0.25, -0.2) is 9.79 Å². The van der Waals surface area contributed by atoms with Crippen LogP contribution in [0.5, 0.6) is 0 Å². The number of alkyl halides is 3. The van der Waals surface area contributed by atoms with Crippen molar-refractivity contribution in [2.24, 2.45) is 10.7 Å². The van der Waals surface area contributed by atoms with Gasteiger partial charge in [0, 0.05) is 11.1 Å². The average molecular weight is 540 g/mol. The van der Waals surface area contributed by atoms with Gasteiger partial charge in [-0.2, -0.15) is 13.2 Å². The number of aliphatic imine (C=N–C) groups is 1. The number of benzene rings is 3. The van der Waals surface area contributed by atoms with Crippen LogP contribution in [0, 0.1) is 6.92 Å². The van der Waals surface area contributed by atoms with Crippen LogP contribution in [0.3, 0.4) is 0 Å². The number of halogens is 4. The van der Waals surface area contributed by atoms with Gasteiger partial charge in [-0.15, -0.1) is 0 Å². The van der Waals surface area contributed by atoms with Gasteiger partial charge in [0.1, 0.15) is 23.8 Å². The molecule has 194 valence electrons. The Kier molecular flexibility index (Phi) is 7.97. The second-order valence-corrected chi connectivity index (χ2v) is 8.54. The molecule has 4 aromatic rings. The molecule has 0 saturated carbocycles. The molecule has 0 aliphatic heterocycles. The number of hydrogen-bond acceptors (Lipinski definition) is 6. The van der Waals surface area contributed by atoms with Crippen molar-refractivity contribution in [1.82, 2.24) is 5.16 Å². The minimum Gasteiger partial charge on any atom is -0.457 e. The van der Waals surface area contributed by atoms with Gasteiger partial charge in [-0.3, -0.25) is 0 Å². The molecule has 6 nitrogen and oxygen atoms in total. The fourth-order valence-corrected chi connectivity index (χ4v) is 3.64. The van der Waals surface area contributed by atoms with Crippen molar-refractivity contribution in [2.75, 3.05) is 0 Å². The smallest absolute Gasteiger partial charge is 0.430 e. The topological polar surface area (TPSA) is 90.7 Å². The predicted octanol–water partition coefficient (Wildman–Crippen LogP) is 7.19. The van der Waals surface area contributed by atoms with E-state index >= 15 is 0 Å². The van der Waals surface area contributed by atoms with Crippen LogP contribution in [-0.4, -0.2) is 23.0 Å². The second-order valence-electron chi connectivity index (χ2n) is 8.13. The number of esters is 1. The Balaban J connectivity index is 1.56. The van der Waals surface area contributed by atoms with Gasteiger partial charge in [-0.05, 0) is 37.3 Å². The van der Waals surface area contributed by atoms with E-state index in [0.717, 1.165) is 11.6 Å². The van der Waals surface area contributed by atoms with Gasteiger partial charge >= 0.3 is 12.1 Å². The van der Waals surface area contributed by atoms with Gasteiger partial charge in [0.2, 0.25) is 0 Å². The van der Waals surface area contributed by atoms with Gasteiger partial charge < -0.3 is 15.0 Å². The van der Waals surface area contributed by atoms with E-state index in [1.807, 2.05) is 30.3 Å². The number of para-hydroxylation sites is 1. The number of ether oxygens (including phenoxy) is 1. The van der Waals surface area contributed by atoms with Crippen LogP contribution >= 0.6 is 11.6 Å². The van der Waals surface area contributed by atoms with E-state index in [1.165, 1.54) is 24.3 Å². The summed E-state index contributed by atoms with van der Waals surface area (Å²) in [6, 6.07) is 21.5. The third-order valence-corrected chi connectivity index (χ3v) is 5.83. The van der Waals surface area contributed by atoms with Crippen LogP contribution in [-0.2, 0) is 11.3 Å². The molecule has 0 unspecified atom stereocenters. The first kappa shape index (κ1) is 26.7. The summed E-state index contributed by atoms with van der Waals surface area (Å²) >= 11 is 6.13. The number of aryl methyl sites for hydroxylation is 1. The molecule has 4 rings (SSSR count). The largest absolute Gasteiger partial charge is 0.457 e. The molecule has 0 radical (unpaired) electrons. The third kappa shape index (κ3) is 6.30. The van der Waals surface area contributed by atoms with E-state index in [9.17, 15) is 18.0 Å². The van der Waals surface area contributed by atoms with E-state index in [0.29, 0.717) is 17.0 Å². The monoisotopic (exact) mass is 539 g/mol. The highest BCUT2D eigenvalue weighted by molar-refractivity contribution is 6.33. The molecule has 0 bridgehead atoms. The van der Waals surface area contributed by atoms with Crippen molar-refractivity contribution in [3.05, 3.63) is 118 Å². The van der Waals surface area contributed by atoms with Crippen LogP contribution in [0.2, 0.25) is 5.02 Å². The lowest BCUT2D eigenvalue weighted by Crippen LogP contribution is -2.21. The highest BCUT2D eigenvalue weighted by Gasteiger charge is 2.31. The fourth-order valence-electron chi connectivity index (χ4n) is 3.46. The number of nitrogens with two attached hydrogens (primary N) is 1. The summed E-state index contributed by atoms with van der Waals surface area (Å²) in [7, 11) is 0. The molecule has 10 heteroatoms. The summed E-state index contributed by atoms with van der Waals surface area (Å²) in [5.74, 6) is -0.118. The van der Waals surface area contributed by atoms with Crippen molar-refractivity contribution < 1.29 is 27.2 Å². The Bertz CT molecular complexity index is 1500. The average Bonchev–Trinajstić information content (AvgIpc) is 3.28. The summed E-state index contributed by atoms with van der Waals surface area (Å²) in [5, 5.41) is 4.32. The normalized spacial score (nSPS) is 12.4. The Morgan fingerprint density at radius 1 is 1.03 bits per heavy atom. The zero-order valence-electron chi connectivity index (χ0n) is 20.0. The maximum absolute atomic E-state index is 13.1. The van der Waals surface area contributed by atoms with Gasteiger partial charge in [0.15, 0.2) is 0 Å². The van der Waals surface area contributed by atoms with Crippen molar-refractivity contribution in [3.8, 4) is 11.3 Å². The number of nitrogens with zero attached hydrogens (tertiary/aromatic N) is 2. The molecule has 0 saturated heterocycles. The van der Waals surface area contributed by atoms with Crippen LogP contribution in [0.25, 0.3) is 11.3 Å². The summed E-state index contributed by atoms with van der Waals surface area (Å²) < 4.78 is 50.2. The first-order valence-corrected chi connectivity index (χ1v) is 11.7. The third-order valence-electron chi connectivity index (χ3n) is 5.51. The number of aromatic nitrogens is 1. The molecular formula is C28H21ClF3N3O3. The first-order valence-electron chi connectivity index (χ1n) is 11.3. The molecule has 0 spiro atoms. The van der Waals surface area contributed by atoms with Crippen LogP contribution in [0.4, 0.5) is 18.9 Å². The van der Waals surface area contributed by atoms with Crippen molar-refractivity contribution in [2.45, 2.75) is 19.7 Å².